The number of imidazole rings is 1. The van der Waals surface area contributed by atoms with Gasteiger partial charge >= 0.3 is 0 Å². The Morgan fingerprint density at radius 1 is 1.21 bits per heavy atom. The van der Waals surface area contributed by atoms with Crippen molar-refractivity contribution in [3.8, 4) is 0 Å². The van der Waals surface area contributed by atoms with Crippen molar-refractivity contribution in [3.05, 3.63) is 46.9 Å². The van der Waals surface area contributed by atoms with E-state index in [1.54, 1.807) is 6.92 Å². The molecule has 2 aromatic heterocycles. The molecule has 1 amide bonds. The monoisotopic (exact) mass is 393 g/mol. The van der Waals surface area contributed by atoms with Crippen molar-refractivity contribution in [2.24, 2.45) is 5.41 Å². The fourth-order valence-electron chi connectivity index (χ4n) is 4.25. The molecule has 1 aliphatic carbocycles. The maximum atomic E-state index is 13.1. The highest BCUT2D eigenvalue weighted by molar-refractivity contribution is 6.07. The molecule has 0 saturated heterocycles. The largest absolute Gasteiger partial charge is 0.455 e. The smallest absolute Gasteiger partial charge is 0.293 e. The maximum absolute atomic E-state index is 13.1. The van der Waals surface area contributed by atoms with Crippen LogP contribution in [0.25, 0.3) is 11.0 Å². The van der Waals surface area contributed by atoms with E-state index < -0.39 is 0 Å². The third-order valence-corrected chi connectivity index (χ3v) is 5.44. The van der Waals surface area contributed by atoms with Gasteiger partial charge in [0, 0.05) is 23.9 Å². The molecule has 0 aliphatic heterocycles. The van der Waals surface area contributed by atoms with Gasteiger partial charge in [-0.25, -0.2) is 4.98 Å². The van der Waals surface area contributed by atoms with Crippen LogP contribution in [0.4, 0.5) is 5.95 Å². The first-order chi connectivity index (χ1) is 13.5. The van der Waals surface area contributed by atoms with Crippen LogP contribution in [0.3, 0.4) is 0 Å². The van der Waals surface area contributed by atoms with Crippen molar-refractivity contribution in [3.63, 3.8) is 0 Å². The van der Waals surface area contributed by atoms with Gasteiger partial charge in [-0.05, 0) is 45.2 Å². The van der Waals surface area contributed by atoms with Gasteiger partial charge in [0.15, 0.2) is 11.5 Å². The number of Topliss-reactive ketones (excluding diaryl/α,β-unsaturated/α-hetero) is 1. The summed E-state index contributed by atoms with van der Waals surface area (Å²) in [4.78, 5) is 30.3. The number of anilines is 1. The van der Waals surface area contributed by atoms with Crippen LogP contribution in [0.15, 0.2) is 28.7 Å². The minimum absolute atomic E-state index is 0.0403. The number of hydrogen-bond acceptors (Lipinski definition) is 4. The molecule has 0 fully saturated rings. The molecule has 0 spiro atoms. The van der Waals surface area contributed by atoms with Gasteiger partial charge in [-0.15, -0.1) is 0 Å². The molecule has 0 radical (unpaired) electrons. The SMILES string of the molecule is Cc1c(C(=O)Nc2nc3ccccc3n2C(C)(C)C)oc2c1C(=O)CC(C)(C)C2. The van der Waals surface area contributed by atoms with Crippen LogP contribution < -0.4 is 5.32 Å². The van der Waals surface area contributed by atoms with Gasteiger partial charge in [-0.3, -0.25) is 14.9 Å². The van der Waals surface area contributed by atoms with Gasteiger partial charge in [-0.1, -0.05) is 26.0 Å². The highest BCUT2D eigenvalue weighted by Gasteiger charge is 2.37. The minimum atomic E-state index is -0.386. The highest BCUT2D eigenvalue weighted by atomic mass is 16.4. The summed E-state index contributed by atoms with van der Waals surface area (Å²) in [6.07, 6.45) is 1.10. The lowest BCUT2D eigenvalue weighted by molar-refractivity contribution is 0.0898. The molecule has 0 saturated carbocycles. The van der Waals surface area contributed by atoms with E-state index in [0.29, 0.717) is 35.7 Å². The number of hydrogen-bond donors (Lipinski definition) is 1. The van der Waals surface area contributed by atoms with Crippen molar-refractivity contribution in [1.82, 2.24) is 9.55 Å². The van der Waals surface area contributed by atoms with Crippen LogP contribution in [0.1, 0.15) is 73.3 Å². The number of fused-ring (bicyclic) bond motifs is 2. The number of rotatable bonds is 2. The summed E-state index contributed by atoms with van der Waals surface area (Å²) < 4.78 is 7.91. The molecular weight excluding hydrogens is 366 g/mol. The molecular formula is C23H27N3O3. The average molecular weight is 393 g/mol. The second-order valence-corrected chi connectivity index (χ2v) is 9.68. The lowest BCUT2D eigenvalue weighted by atomic mass is 9.76. The van der Waals surface area contributed by atoms with Crippen LogP contribution in [-0.2, 0) is 12.0 Å². The van der Waals surface area contributed by atoms with E-state index >= 15 is 0 Å². The number of nitrogens with zero attached hydrogens (tertiary/aromatic N) is 2. The number of benzene rings is 1. The normalized spacial score (nSPS) is 16.1. The van der Waals surface area contributed by atoms with Crippen molar-refractivity contribution in [2.45, 2.75) is 59.9 Å². The predicted octanol–water partition coefficient (Wildman–Crippen LogP) is 5.10. The van der Waals surface area contributed by atoms with E-state index in [2.05, 4.69) is 31.1 Å². The van der Waals surface area contributed by atoms with E-state index in [1.165, 1.54) is 0 Å². The molecule has 152 valence electrons. The Morgan fingerprint density at radius 2 is 1.90 bits per heavy atom. The Kier molecular flexibility index (Phi) is 4.22. The summed E-state index contributed by atoms with van der Waals surface area (Å²) in [6, 6.07) is 7.79. The topological polar surface area (TPSA) is 77.1 Å². The minimum Gasteiger partial charge on any atom is -0.455 e. The molecule has 6 nitrogen and oxygen atoms in total. The zero-order chi connectivity index (χ0) is 21.1. The van der Waals surface area contributed by atoms with Crippen LogP contribution >= 0.6 is 0 Å². The van der Waals surface area contributed by atoms with Gasteiger partial charge in [0.05, 0.1) is 16.6 Å². The summed E-state index contributed by atoms with van der Waals surface area (Å²) in [5.41, 5.74) is 2.49. The van der Waals surface area contributed by atoms with Gasteiger partial charge < -0.3 is 8.98 Å². The standard InChI is InChI=1S/C23H27N3O3/c1-13-18-16(27)11-23(5,6)12-17(18)29-19(13)20(28)25-21-24-14-9-7-8-10-15(14)26(21)22(2,3)4/h7-10H,11-12H2,1-6H3,(H,24,25,28). The fraction of sp³-hybridized carbons (Fsp3) is 0.435. The third-order valence-electron chi connectivity index (χ3n) is 5.44. The van der Waals surface area contributed by atoms with E-state index in [-0.39, 0.29) is 28.4 Å². The number of amides is 1. The summed E-state index contributed by atoms with van der Waals surface area (Å²) in [6.45, 7) is 12.0. The first-order valence-corrected chi connectivity index (χ1v) is 9.93. The molecule has 1 N–H and O–H groups in total. The zero-order valence-electron chi connectivity index (χ0n) is 17.8. The van der Waals surface area contributed by atoms with E-state index in [9.17, 15) is 9.59 Å². The second-order valence-electron chi connectivity index (χ2n) is 9.68. The number of para-hydroxylation sites is 2. The molecule has 2 heterocycles. The van der Waals surface area contributed by atoms with E-state index in [1.807, 2.05) is 42.7 Å². The molecule has 0 unspecified atom stereocenters. The van der Waals surface area contributed by atoms with Crippen molar-refractivity contribution < 1.29 is 14.0 Å². The molecule has 3 aromatic rings. The lowest BCUT2D eigenvalue weighted by Crippen LogP contribution is -2.26. The number of carbonyl (C=O) groups excluding carboxylic acids is 2. The van der Waals surface area contributed by atoms with Crippen molar-refractivity contribution >= 4 is 28.7 Å². The summed E-state index contributed by atoms with van der Waals surface area (Å²) >= 11 is 0. The molecule has 4 rings (SSSR count). The first-order valence-electron chi connectivity index (χ1n) is 9.93. The number of nitrogens with one attached hydrogen (secondary N) is 1. The third kappa shape index (κ3) is 3.26. The molecule has 1 aromatic carbocycles. The number of carbonyl (C=O) groups is 2. The quantitative estimate of drug-likeness (QED) is 0.657. The average Bonchev–Trinajstić information content (AvgIpc) is 3.10. The van der Waals surface area contributed by atoms with Crippen LogP contribution in [0.2, 0.25) is 0 Å². The fourth-order valence-corrected chi connectivity index (χ4v) is 4.25. The molecule has 1 aliphatic rings. The number of aromatic nitrogens is 2. The maximum Gasteiger partial charge on any atom is 0.293 e. The Balaban J connectivity index is 1.75. The van der Waals surface area contributed by atoms with Gasteiger partial charge in [0.25, 0.3) is 5.91 Å². The van der Waals surface area contributed by atoms with Crippen LogP contribution in [0, 0.1) is 12.3 Å². The first kappa shape index (κ1) is 19.4. The second kappa shape index (κ2) is 6.31. The highest BCUT2D eigenvalue weighted by Crippen LogP contribution is 2.38. The van der Waals surface area contributed by atoms with Gasteiger partial charge in [-0.2, -0.15) is 0 Å². The summed E-state index contributed by atoms with van der Waals surface area (Å²) in [5.74, 6) is 0.915. The molecule has 29 heavy (non-hydrogen) atoms. The molecule has 0 bridgehead atoms. The van der Waals surface area contributed by atoms with E-state index in [4.69, 9.17) is 4.42 Å². The zero-order valence-corrected chi connectivity index (χ0v) is 17.8. The predicted molar refractivity (Wildman–Crippen MR) is 113 cm³/mol. The van der Waals surface area contributed by atoms with Crippen molar-refractivity contribution in [1.29, 1.82) is 0 Å². The van der Waals surface area contributed by atoms with Crippen molar-refractivity contribution in [2.75, 3.05) is 5.32 Å². The molecule has 6 heteroatoms. The number of furan rings is 1. The van der Waals surface area contributed by atoms with Crippen LogP contribution in [0.5, 0.6) is 0 Å². The summed E-state index contributed by atoms with van der Waals surface area (Å²) in [5, 5.41) is 2.92. The summed E-state index contributed by atoms with van der Waals surface area (Å²) in [7, 11) is 0. The Bertz CT molecular complexity index is 1140. The Hall–Kier alpha value is -2.89. The van der Waals surface area contributed by atoms with E-state index in [0.717, 1.165) is 11.0 Å². The van der Waals surface area contributed by atoms with Gasteiger partial charge in [0.2, 0.25) is 5.95 Å². The lowest BCUT2D eigenvalue weighted by Gasteiger charge is -2.27. The van der Waals surface area contributed by atoms with Gasteiger partial charge in [0.1, 0.15) is 5.76 Å². The Morgan fingerprint density at radius 3 is 2.59 bits per heavy atom. The Labute approximate surface area is 170 Å². The molecule has 0 atom stereocenters. The number of ketones is 1. The van der Waals surface area contributed by atoms with Crippen LogP contribution in [-0.4, -0.2) is 21.2 Å².